The first-order valence-electron chi connectivity index (χ1n) is 7.91. The minimum Gasteiger partial charge on any atom is -0.504 e. The maximum atomic E-state index is 12.0. The van der Waals surface area contributed by atoms with Gasteiger partial charge in [0.05, 0.1) is 0 Å². The molecular formula is C19H13Cl2N3O3S. The number of carbonyl (C=O) groups excluding carboxylic acids is 1. The normalized spacial score (nSPS) is 10.8. The second-order valence-electron chi connectivity index (χ2n) is 5.51. The second-order valence-corrected chi connectivity index (χ2v) is 6.79. The summed E-state index contributed by atoms with van der Waals surface area (Å²) in [5.41, 5.74) is 0.724. The van der Waals surface area contributed by atoms with E-state index in [0.717, 1.165) is 5.56 Å². The lowest BCUT2D eigenvalue weighted by atomic mass is 10.2. The fraction of sp³-hybridized carbons (Fsp3) is 0. The number of pyridine rings is 1. The van der Waals surface area contributed by atoms with Gasteiger partial charge in [0, 0.05) is 27.9 Å². The van der Waals surface area contributed by atoms with Gasteiger partial charge in [-0.3, -0.25) is 10.1 Å². The van der Waals surface area contributed by atoms with Crippen molar-refractivity contribution in [2.24, 2.45) is 0 Å². The predicted molar refractivity (Wildman–Crippen MR) is 113 cm³/mol. The Labute approximate surface area is 175 Å². The van der Waals surface area contributed by atoms with Gasteiger partial charge in [-0.1, -0.05) is 23.2 Å². The van der Waals surface area contributed by atoms with E-state index in [-0.39, 0.29) is 16.7 Å². The van der Waals surface area contributed by atoms with Crippen molar-refractivity contribution in [2.75, 3.05) is 5.32 Å². The molecule has 0 saturated carbocycles. The van der Waals surface area contributed by atoms with Crippen LogP contribution in [0.3, 0.4) is 0 Å². The van der Waals surface area contributed by atoms with Gasteiger partial charge in [-0.2, -0.15) is 0 Å². The van der Waals surface area contributed by atoms with E-state index in [2.05, 4.69) is 15.6 Å². The Morgan fingerprint density at radius 1 is 1.18 bits per heavy atom. The quantitative estimate of drug-likeness (QED) is 0.401. The molecule has 1 aromatic carbocycles. The van der Waals surface area contributed by atoms with Crippen LogP contribution in [0.1, 0.15) is 5.76 Å². The molecule has 0 fully saturated rings. The number of hydrogen-bond donors (Lipinski definition) is 3. The number of nitrogens with zero attached hydrogens (tertiary/aromatic N) is 1. The first-order chi connectivity index (χ1) is 13.4. The lowest BCUT2D eigenvalue weighted by molar-refractivity contribution is -0.115. The first kappa shape index (κ1) is 19.9. The summed E-state index contributed by atoms with van der Waals surface area (Å²) >= 11 is 17.0. The Morgan fingerprint density at radius 3 is 2.64 bits per heavy atom. The smallest absolute Gasteiger partial charge is 0.250 e. The number of thiocarbonyl (C=S) groups is 1. The molecule has 3 N–H and O–H groups in total. The zero-order chi connectivity index (χ0) is 20.1. The average Bonchev–Trinajstić information content (AvgIpc) is 3.10. The number of rotatable bonds is 4. The van der Waals surface area contributed by atoms with Crippen LogP contribution in [0, 0.1) is 0 Å². The Morgan fingerprint density at radius 2 is 1.93 bits per heavy atom. The molecule has 0 aliphatic heterocycles. The molecule has 2 aromatic heterocycles. The zero-order valence-corrected chi connectivity index (χ0v) is 16.5. The highest BCUT2D eigenvalue weighted by molar-refractivity contribution is 7.80. The van der Waals surface area contributed by atoms with Gasteiger partial charge in [-0.25, -0.2) is 4.98 Å². The standard InChI is InChI=1S/C19H13Cl2N3O3S/c20-12-8-11(9-13(21)10-12)16-5-3-14(27-16)4-6-17(26)23-19(28)24-18-15(25)2-1-7-22-18/h1-10,25H,(H2,22,23,24,26,28)/b6-4+. The van der Waals surface area contributed by atoms with Crippen molar-refractivity contribution in [1.29, 1.82) is 0 Å². The fourth-order valence-corrected chi connectivity index (χ4v) is 2.96. The molecule has 6 nitrogen and oxygen atoms in total. The van der Waals surface area contributed by atoms with Crippen LogP contribution in [0.15, 0.2) is 59.2 Å². The van der Waals surface area contributed by atoms with Crippen LogP contribution in [0.4, 0.5) is 5.82 Å². The maximum Gasteiger partial charge on any atom is 0.250 e. The highest BCUT2D eigenvalue weighted by Gasteiger charge is 2.08. The molecule has 0 spiro atoms. The summed E-state index contributed by atoms with van der Waals surface area (Å²) in [6, 6.07) is 11.5. The van der Waals surface area contributed by atoms with Crippen molar-refractivity contribution in [2.45, 2.75) is 0 Å². The summed E-state index contributed by atoms with van der Waals surface area (Å²) in [5.74, 6) is 0.609. The Hall–Kier alpha value is -2.87. The summed E-state index contributed by atoms with van der Waals surface area (Å²) in [6.07, 6.45) is 4.24. The van der Waals surface area contributed by atoms with Crippen LogP contribution in [-0.2, 0) is 4.79 Å². The number of aromatic nitrogens is 1. The van der Waals surface area contributed by atoms with Gasteiger partial charge in [0.1, 0.15) is 11.5 Å². The van der Waals surface area contributed by atoms with Crippen LogP contribution in [0.2, 0.25) is 10.0 Å². The van der Waals surface area contributed by atoms with E-state index in [4.69, 9.17) is 39.8 Å². The lowest BCUT2D eigenvalue weighted by Gasteiger charge is -2.08. The summed E-state index contributed by atoms with van der Waals surface area (Å²) < 4.78 is 5.67. The first-order valence-corrected chi connectivity index (χ1v) is 9.07. The minimum absolute atomic E-state index is 0.00245. The maximum absolute atomic E-state index is 12.0. The van der Waals surface area contributed by atoms with E-state index in [1.807, 2.05) is 0 Å². The van der Waals surface area contributed by atoms with E-state index in [0.29, 0.717) is 21.6 Å². The van der Waals surface area contributed by atoms with E-state index in [1.165, 1.54) is 24.4 Å². The van der Waals surface area contributed by atoms with E-state index in [9.17, 15) is 9.90 Å². The summed E-state index contributed by atoms with van der Waals surface area (Å²) in [4.78, 5) is 15.9. The highest BCUT2D eigenvalue weighted by atomic mass is 35.5. The van der Waals surface area contributed by atoms with Crippen molar-refractivity contribution in [3.05, 3.63) is 70.5 Å². The highest BCUT2D eigenvalue weighted by Crippen LogP contribution is 2.28. The summed E-state index contributed by atoms with van der Waals surface area (Å²) in [5, 5.41) is 15.7. The van der Waals surface area contributed by atoms with Crippen molar-refractivity contribution >= 4 is 58.3 Å². The Balaban J connectivity index is 1.61. The number of hydrogen-bond acceptors (Lipinski definition) is 5. The largest absolute Gasteiger partial charge is 0.504 e. The molecule has 28 heavy (non-hydrogen) atoms. The number of anilines is 1. The number of benzene rings is 1. The number of amides is 1. The molecule has 0 unspecified atom stereocenters. The molecule has 0 aliphatic rings. The zero-order valence-electron chi connectivity index (χ0n) is 14.1. The van der Waals surface area contributed by atoms with E-state index >= 15 is 0 Å². The van der Waals surface area contributed by atoms with Gasteiger partial charge < -0.3 is 14.8 Å². The Kier molecular flexibility index (Phi) is 6.30. The number of nitrogens with one attached hydrogen (secondary N) is 2. The molecule has 0 aliphatic carbocycles. The molecule has 9 heteroatoms. The van der Waals surface area contributed by atoms with Gasteiger partial charge >= 0.3 is 0 Å². The van der Waals surface area contributed by atoms with Gasteiger partial charge in [-0.05, 0) is 60.8 Å². The van der Waals surface area contributed by atoms with E-state index in [1.54, 1.807) is 36.4 Å². The molecule has 0 bridgehead atoms. The Bertz CT molecular complexity index is 1050. The molecule has 0 radical (unpaired) electrons. The van der Waals surface area contributed by atoms with Crippen LogP contribution >= 0.6 is 35.4 Å². The third-order valence-electron chi connectivity index (χ3n) is 3.43. The van der Waals surface area contributed by atoms with Crippen LogP contribution in [-0.4, -0.2) is 21.1 Å². The van der Waals surface area contributed by atoms with Crippen LogP contribution < -0.4 is 10.6 Å². The van der Waals surface area contributed by atoms with Crippen molar-refractivity contribution < 1.29 is 14.3 Å². The van der Waals surface area contributed by atoms with Crippen molar-refractivity contribution in [3.8, 4) is 17.1 Å². The number of furan rings is 1. The minimum atomic E-state index is -0.475. The van der Waals surface area contributed by atoms with Gasteiger partial charge in [-0.15, -0.1) is 0 Å². The second kappa shape index (κ2) is 8.88. The third kappa shape index (κ3) is 5.32. The number of halogens is 2. The predicted octanol–water partition coefficient (Wildman–Crippen LogP) is 4.88. The summed E-state index contributed by atoms with van der Waals surface area (Å²) in [7, 11) is 0. The van der Waals surface area contributed by atoms with Crippen molar-refractivity contribution in [3.63, 3.8) is 0 Å². The molecular weight excluding hydrogens is 421 g/mol. The molecule has 0 atom stereocenters. The molecule has 2 heterocycles. The molecule has 0 saturated heterocycles. The average molecular weight is 434 g/mol. The number of carbonyl (C=O) groups is 1. The van der Waals surface area contributed by atoms with Gasteiger partial charge in [0.15, 0.2) is 16.7 Å². The molecule has 3 aromatic rings. The van der Waals surface area contributed by atoms with Crippen molar-refractivity contribution in [1.82, 2.24) is 10.3 Å². The third-order valence-corrected chi connectivity index (χ3v) is 4.07. The SMILES string of the molecule is O=C(/C=C/c1ccc(-c2cc(Cl)cc(Cl)c2)o1)NC(=S)Nc1ncccc1O. The molecule has 142 valence electrons. The van der Waals surface area contributed by atoms with Gasteiger partial charge in [0.25, 0.3) is 0 Å². The number of aromatic hydroxyl groups is 1. The van der Waals surface area contributed by atoms with Crippen LogP contribution in [0.5, 0.6) is 5.75 Å². The summed E-state index contributed by atoms with van der Waals surface area (Å²) in [6.45, 7) is 0. The lowest BCUT2D eigenvalue weighted by Crippen LogP contribution is -2.33. The van der Waals surface area contributed by atoms with Gasteiger partial charge in [0.2, 0.25) is 5.91 Å². The van der Waals surface area contributed by atoms with Crippen LogP contribution in [0.25, 0.3) is 17.4 Å². The van der Waals surface area contributed by atoms with E-state index < -0.39 is 5.91 Å². The molecule has 1 amide bonds. The molecule has 3 rings (SSSR count). The fourth-order valence-electron chi connectivity index (χ4n) is 2.24. The monoisotopic (exact) mass is 433 g/mol. The topological polar surface area (TPSA) is 87.4 Å².